The van der Waals surface area contributed by atoms with Gasteiger partial charge in [-0.3, -0.25) is 0 Å². The molecule has 1 atom stereocenters. The van der Waals surface area contributed by atoms with Gasteiger partial charge >= 0.3 is 0 Å². The number of likely N-dealkylation sites (N-methyl/N-ethyl adjacent to an activating group) is 1. The average Bonchev–Trinajstić information content (AvgIpc) is 2.28. The van der Waals surface area contributed by atoms with Crippen molar-refractivity contribution in [3.63, 3.8) is 0 Å². The van der Waals surface area contributed by atoms with Crippen LogP contribution in [0.2, 0.25) is 0 Å². The van der Waals surface area contributed by atoms with Crippen molar-refractivity contribution in [3.05, 3.63) is 11.8 Å². The van der Waals surface area contributed by atoms with Gasteiger partial charge in [0.1, 0.15) is 5.82 Å². The number of aryl methyl sites for hydroxylation is 1. The van der Waals surface area contributed by atoms with Crippen LogP contribution in [0.25, 0.3) is 0 Å². The van der Waals surface area contributed by atoms with Crippen LogP contribution in [0, 0.1) is 6.92 Å². The Balaban J connectivity index is 2.68. The van der Waals surface area contributed by atoms with Crippen LogP contribution in [-0.4, -0.2) is 59.3 Å². The Labute approximate surface area is 115 Å². The van der Waals surface area contributed by atoms with Crippen LogP contribution < -0.4 is 10.6 Å². The normalized spacial score (nSPS) is 14.3. The molecule has 0 aliphatic heterocycles. The van der Waals surface area contributed by atoms with Gasteiger partial charge in [-0.2, -0.15) is 4.98 Å². The van der Waals surface area contributed by atoms with Gasteiger partial charge in [-0.15, -0.1) is 0 Å². The second-order valence-electron chi connectivity index (χ2n) is 5.34. The number of hydrogen-bond donors (Lipinski definition) is 3. The Hall–Kier alpha value is -1.40. The molecule has 0 bridgehead atoms. The van der Waals surface area contributed by atoms with Crippen molar-refractivity contribution in [2.24, 2.45) is 0 Å². The first-order valence-corrected chi connectivity index (χ1v) is 6.52. The maximum absolute atomic E-state index is 10.2. The number of nitrogens with one attached hydrogen (secondary N) is 2. The molecule has 1 heterocycles. The molecule has 1 unspecified atom stereocenters. The van der Waals surface area contributed by atoms with Gasteiger partial charge in [-0.05, 0) is 34.9 Å². The summed E-state index contributed by atoms with van der Waals surface area (Å²) < 4.78 is 0. The third kappa shape index (κ3) is 5.40. The molecule has 0 saturated heterocycles. The van der Waals surface area contributed by atoms with Crippen molar-refractivity contribution < 1.29 is 5.11 Å². The molecule has 19 heavy (non-hydrogen) atoms. The second-order valence-corrected chi connectivity index (χ2v) is 5.34. The molecule has 0 aliphatic carbocycles. The van der Waals surface area contributed by atoms with E-state index in [-0.39, 0.29) is 0 Å². The number of rotatable bonds is 7. The minimum absolute atomic E-state index is 0.439. The summed E-state index contributed by atoms with van der Waals surface area (Å²) in [6, 6.07) is 0. The molecule has 3 N–H and O–H groups in total. The lowest BCUT2D eigenvalue weighted by atomic mass is 10.1. The average molecular weight is 267 g/mol. The first-order valence-electron chi connectivity index (χ1n) is 6.52. The summed E-state index contributed by atoms with van der Waals surface area (Å²) >= 11 is 0. The zero-order valence-corrected chi connectivity index (χ0v) is 12.5. The molecule has 0 aliphatic rings. The summed E-state index contributed by atoms with van der Waals surface area (Å²) in [4.78, 5) is 10.5. The topological polar surface area (TPSA) is 73.3 Å². The van der Waals surface area contributed by atoms with Gasteiger partial charge in [0.05, 0.1) is 5.60 Å². The fourth-order valence-electron chi connectivity index (χ4n) is 1.88. The molecular weight excluding hydrogens is 242 g/mol. The van der Waals surface area contributed by atoms with Crippen LogP contribution in [0.4, 0.5) is 11.8 Å². The Morgan fingerprint density at radius 2 is 2.05 bits per heavy atom. The molecule has 0 radical (unpaired) electrons. The predicted octanol–water partition coefficient (Wildman–Crippen LogP) is 0.941. The highest BCUT2D eigenvalue weighted by atomic mass is 16.3. The fraction of sp³-hybridized carbons (Fsp3) is 0.692. The Morgan fingerprint density at radius 1 is 1.37 bits per heavy atom. The highest BCUT2D eigenvalue weighted by Crippen LogP contribution is 2.14. The van der Waals surface area contributed by atoms with Gasteiger partial charge in [0.25, 0.3) is 0 Å². The smallest absolute Gasteiger partial charge is 0.224 e. The van der Waals surface area contributed by atoms with Gasteiger partial charge in [-0.25, -0.2) is 4.98 Å². The Bertz CT molecular complexity index is 406. The zero-order valence-electron chi connectivity index (χ0n) is 12.5. The van der Waals surface area contributed by atoms with Crippen LogP contribution in [0.5, 0.6) is 0 Å². The highest BCUT2D eigenvalue weighted by Gasteiger charge is 2.21. The molecule has 108 valence electrons. The van der Waals surface area contributed by atoms with E-state index in [4.69, 9.17) is 0 Å². The molecule has 0 fully saturated rings. The van der Waals surface area contributed by atoms with Crippen LogP contribution in [-0.2, 0) is 0 Å². The maximum Gasteiger partial charge on any atom is 0.224 e. The van der Waals surface area contributed by atoms with E-state index in [2.05, 4.69) is 20.6 Å². The van der Waals surface area contributed by atoms with E-state index in [1.54, 1.807) is 6.20 Å². The van der Waals surface area contributed by atoms with E-state index < -0.39 is 5.60 Å². The molecule has 1 rings (SSSR count). The Morgan fingerprint density at radius 3 is 2.63 bits per heavy atom. The highest BCUT2D eigenvalue weighted by molar-refractivity contribution is 5.46. The molecule has 1 aromatic rings. The minimum Gasteiger partial charge on any atom is -0.387 e. The van der Waals surface area contributed by atoms with E-state index in [1.165, 1.54) is 0 Å². The maximum atomic E-state index is 10.2. The second kappa shape index (κ2) is 6.68. The lowest BCUT2D eigenvalue weighted by Crippen LogP contribution is -2.43. The predicted molar refractivity (Wildman–Crippen MR) is 78.6 cm³/mol. The van der Waals surface area contributed by atoms with Crippen LogP contribution >= 0.6 is 0 Å². The van der Waals surface area contributed by atoms with E-state index >= 15 is 0 Å². The summed E-state index contributed by atoms with van der Waals surface area (Å²) in [5.41, 5.74) is 0.154. The van der Waals surface area contributed by atoms with Gasteiger partial charge in [-0.1, -0.05) is 0 Å². The first kappa shape index (κ1) is 15.7. The summed E-state index contributed by atoms with van der Waals surface area (Å²) in [6.07, 6.45) is 1.77. The fourth-order valence-corrected chi connectivity index (χ4v) is 1.88. The van der Waals surface area contributed by atoms with Crippen LogP contribution in [0.3, 0.4) is 0 Å². The molecule has 0 saturated carbocycles. The molecule has 6 heteroatoms. The molecule has 0 spiro atoms. The first-order chi connectivity index (χ1) is 8.84. The summed E-state index contributed by atoms with van der Waals surface area (Å²) in [6.45, 7) is 7.55. The van der Waals surface area contributed by atoms with Crippen molar-refractivity contribution >= 4 is 11.8 Å². The Kier molecular flexibility index (Phi) is 5.50. The van der Waals surface area contributed by atoms with Crippen molar-refractivity contribution in [1.29, 1.82) is 0 Å². The van der Waals surface area contributed by atoms with Crippen molar-refractivity contribution in [1.82, 2.24) is 14.9 Å². The van der Waals surface area contributed by atoms with Gasteiger partial charge < -0.3 is 20.6 Å². The largest absolute Gasteiger partial charge is 0.387 e. The number of nitrogens with zero attached hydrogens (tertiary/aromatic N) is 3. The third-order valence-electron chi connectivity index (χ3n) is 2.60. The lowest BCUT2D eigenvalue weighted by molar-refractivity contribution is 0.0459. The van der Waals surface area contributed by atoms with Crippen LogP contribution in [0.15, 0.2) is 6.20 Å². The van der Waals surface area contributed by atoms with E-state index in [0.717, 1.165) is 17.9 Å². The number of aromatic nitrogens is 2. The lowest BCUT2D eigenvalue weighted by Gasteiger charge is -2.27. The third-order valence-corrected chi connectivity index (χ3v) is 2.60. The number of anilines is 2. The monoisotopic (exact) mass is 267 g/mol. The number of aliphatic hydroxyl groups is 1. The summed E-state index contributed by atoms with van der Waals surface area (Å²) in [7, 11) is 3.88. The minimum atomic E-state index is -0.806. The van der Waals surface area contributed by atoms with Crippen molar-refractivity contribution in [2.75, 3.05) is 44.4 Å². The number of hydrogen-bond acceptors (Lipinski definition) is 6. The molecule has 0 amide bonds. The molecule has 6 nitrogen and oxygen atoms in total. The molecule has 1 aromatic heterocycles. The standard InChI is InChI=1S/C13H25N5O/c1-6-14-12-15-7-10(2)11(17-12)16-8-13(3,19)9-18(4)5/h7,19H,6,8-9H2,1-5H3,(H2,14,15,16,17). The summed E-state index contributed by atoms with van der Waals surface area (Å²) in [5, 5.41) is 16.5. The van der Waals surface area contributed by atoms with Crippen molar-refractivity contribution in [2.45, 2.75) is 26.4 Å². The van der Waals surface area contributed by atoms with Gasteiger partial charge in [0.15, 0.2) is 0 Å². The molecule has 0 aromatic carbocycles. The SMILES string of the molecule is CCNc1ncc(C)c(NCC(C)(O)CN(C)C)n1. The van der Waals surface area contributed by atoms with E-state index in [1.807, 2.05) is 39.8 Å². The quantitative estimate of drug-likeness (QED) is 0.683. The van der Waals surface area contributed by atoms with E-state index in [9.17, 15) is 5.11 Å². The zero-order chi connectivity index (χ0) is 14.5. The van der Waals surface area contributed by atoms with Crippen molar-refractivity contribution in [3.8, 4) is 0 Å². The molecular formula is C13H25N5O. The summed E-state index contributed by atoms with van der Waals surface area (Å²) in [5.74, 6) is 1.35. The van der Waals surface area contributed by atoms with E-state index in [0.29, 0.717) is 19.0 Å². The van der Waals surface area contributed by atoms with Gasteiger partial charge in [0.2, 0.25) is 5.95 Å². The van der Waals surface area contributed by atoms with Crippen LogP contribution in [0.1, 0.15) is 19.4 Å². The van der Waals surface area contributed by atoms with Gasteiger partial charge in [0, 0.05) is 31.4 Å².